The average Bonchev–Trinajstić information content (AvgIpc) is 3.20. The van der Waals surface area contributed by atoms with Gasteiger partial charge in [0.1, 0.15) is 0 Å². The minimum Gasteiger partial charge on any atom is -0.354 e. The molecule has 2 unspecified atom stereocenters. The molecule has 0 bridgehead atoms. The summed E-state index contributed by atoms with van der Waals surface area (Å²) in [6, 6.07) is 8.47. The lowest BCUT2D eigenvalue weighted by atomic mass is 10.0. The minimum absolute atomic E-state index is 0.00483. The van der Waals surface area contributed by atoms with Gasteiger partial charge in [-0.25, -0.2) is 9.97 Å². The summed E-state index contributed by atoms with van der Waals surface area (Å²) in [5, 5.41) is 6.24. The SMILES string of the molecule is CC(=O)NC(C)Cc1ccc(-c2cnc(NCC3CC3(C)C)nc2)cc1. The van der Waals surface area contributed by atoms with E-state index in [1.165, 1.54) is 12.0 Å². The highest BCUT2D eigenvalue weighted by Gasteiger charge is 2.45. The zero-order valence-corrected chi connectivity index (χ0v) is 16.0. The number of nitrogens with one attached hydrogen (secondary N) is 2. The summed E-state index contributed by atoms with van der Waals surface area (Å²) in [5.41, 5.74) is 3.76. The molecule has 2 aromatic rings. The maximum atomic E-state index is 11.1. The second-order valence-corrected chi connectivity index (χ2v) is 8.07. The van der Waals surface area contributed by atoms with Crippen molar-refractivity contribution in [3.8, 4) is 11.1 Å². The topological polar surface area (TPSA) is 66.9 Å². The maximum Gasteiger partial charge on any atom is 0.222 e. The van der Waals surface area contributed by atoms with Crippen molar-refractivity contribution in [1.82, 2.24) is 15.3 Å². The van der Waals surface area contributed by atoms with Gasteiger partial charge in [0, 0.05) is 37.5 Å². The Bertz CT molecular complexity index is 753. The Balaban J connectivity index is 1.56. The van der Waals surface area contributed by atoms with Gasteiger partial charge in [-0.05, 0) is 42.2 Å². The summed E-state index contributed by atoms with van der Waals surface area (Å²) in [6.07, 6.45) is 5.81. The lowest BCUT2D eigenvalue weighted by molar-refractivity contribution is -0.119. The average molecular weight is 352 g/mol. The number of anilines is 1. The van der Waals surface area contributed by atoms with Gasteiger partial charge in [-0.2, -0.15) is 0 Å². The van der Waals surface area contributed by atoms with Crippen LogP contribution in [0.15, 0.2) is 36.7 Å². The molecule has 0 spiro atoms. The van der Waals surface area contributed by atoms with Crippen molar-refractivity contribution in [3.63, 3.8) is 0 Å². The first-order valence-electron chi connectivity index (χ1n) is 9.26. The molecular formula is C21H28N4O. The molecule has 1 saturated carbocycles. The summed E-state index contributed by atoms with van der Waals surface area (Å²) < 4.78 is 0. The van der Waals surface area contributed by atoms with Gasteiger partial charge in [0.05, 0.1) is 0 Å². The molecule has 3 rings (SSSR count). The monoisotopic (exact) mass is 352 g/mol. The van der Waals surface area contributed by atoms with Gasteiger partial charge in [0.15, 0.2) is 0 Å². The molecule has 0 aliphatic heterocycles. The second-order valence-electron chi connectivity index (χ2n) is 8.07. The van der Waals surface area contributed by atoms with E-state index in [0.717, 1.165) is 30.0 Å². The zero-order valence-electron chi connectivity index (χ0n) is 16.0. The number of rotatable bonds is 7. The van der Waals surface area contributed by atoms with Crippen LogP contribution in [0.1, 0.15) is 39.7 Å². The van der Waals surface area contributed by atoms with E-state index in [-0.39, 0.29) is 11.9 Å². The Hall–Kier alpha value is -2.43. The molecule has 2 N–H and O–H groups in total. The van der Waals surface area contributed by atoms with Crippen LogP contribution in [0.25, 0.3) is 11.1 Å². The molecule has 26 heavy (non-hydrogen) atoms. The zero-order chi connectivity index (χ0) is 18.7. The summed E-state index contributed by atoms with van der Waals surface area (Å²) in [6.45, 7) is 9.09. The summed E-state index contributed by atoms with van der Waals surface area (Å²) >= 11 is 0. The Kier molecular flexibility index (Phi) is 5.25. The van der Waals surface area contributed by atoms with Crippen LogP contribution >= 0.6 is 0 Å². The standard InChI is InChI=1S/C21H28N4O/c1-14(25-15(2)26)9-16-5-7-17(8-6-16)18-11-22-20(23-12-18)24-13-19-10-21(19,3)4/h5-8,11-12,14,19H,9-10,13H2,1-4H3,(H,25,26)(H,22,23,24). The fourth-order valence-electron chi connectivity index (χ4n) is 3.29. The predicted molar refractivity (Wildman–Crippen MR) is 105 cm³/mol. The highest BCUT2D eigenvalue weighted by molar-refractivity contribution is 5.73. The molecule has 0 saturated heterocycles. The van der Waals surface area contributed by atoms with E-state index in [2.05, 4.69) is 58.7 Å². The number of carbonyl (C=O) groups is 1. The first-order chi connectivity index (χ1) is 12.3. The van der Waals surface area contributed by atoms with E-state index in [1.807, 2.05) is 19.3 Å². The molecule has 1 aromatic heterocycles. The predicted octanol–water partition coefficient (Wildman–Crippen LogP) is 3.67. The molecule has 1 fully saturated rings. The van der Waals surface area contributed by atoms with Crippen LogP contribution in [0.2, 0.25) is 0 Å². The van der Waals surface area contributed by atoms with E-state index in [0.29, 0.717) is 11.4 Å². The highest BCUT2D eigenvalue weighted by Crippen LogP contribution is 2.51. The fourth-order valence-corrected chi connectivity index (χ4v) is 3.29. The molecule has 1 heterocycles. The van der Waals surface area contributed by atoms with Crippen LogP contribution in [0.3, 0.4) is 0 Å². The molecule has 1 amide bonds. The quantitative estimate of drug-likeness (QED) is 0.798. The highest BCUT2D eigenvalue weighted by atomic mass is 16.1. The number of hydrogen-bond donors (Lipinski definition) is 2. The Morgan fingerprint density at radius 2 is 1.81 bits per heavy atom. The van der Waals surface area contributed by atoms with E-state index in [4.69, 9.17) is 0 Å². The van der Waals surface area contributed by atoms with Crippen molar-refractivity contribution in [2.75, 3.05) is 11.9 Å². The fraction of sp³-hybridized carbons (Fsp3) is 0.476. The van der Waals surface area contributed by atoms with Gasteiger partial charge in [-0.15, -0.1) is 0 Å². The van der Waals surface area contributed by atoms with Crippen LogP contribution in [-0.2, 0) is 11.2 Å². The van der Waals surface area contributed by atoms with Crippen LogP contribution in [0, 0.1) is 11.3 Å². The number of carbonyl (C=O) groups excluding carboxylic acids is 1. The lowest BCUT2D eigenvalue weighted by Gasteiger charge is -2.12. The van der Waals surface area contributed by atoms with E-state index in [9.17, 15) is 4.79 Å². The summed E-state index contributed by atoms with van der Waals surface area (Å²) in [4.78, 5) is 20.0. The van der Waals surface area contributed by atoms with Gasteiger partial charge < -0.3 is 10.6 Å². The van der Waals surface area contributed by atoms with Gasteiger partial charge in [-0.1, -0.05) is 38.1 Å². The van der Waals surface area contributed by atoms with Crippen LogP contribution in [0.4, 0.5) is 5.95 Å². The number of benzene rings is 1. The number of nitrogens with zero attached hydrogens (tertiary/aromatic N) is 2. The van der Waals surface area contributed by atoms with Crippen molar-refractivity contribution >= 4 is 11.9 Å². The third-order valence-corrected chi connectivity index (χ3v) is 5.15. The Morgan fingerprint density at radius 3 is 2.35 bits per heavy atom. The molecule has 1 aromatic carbocycles. The molecule has 2 atom stereocenters. The number of hydrogen-bond acceptors (Lipinski definition) is 4. The van der Waals surface area contributed by atoms with Crippen molar-refractivity contribution < 1.29 is 4.79 Å². The second kappa shape index (κ2) is 7.44. The summed E-state index contributed by atoms with van der Waals surface area (Å²) in [7, 11) is 0. The first kappa shape index (κ1) is 18.4. The van der Waals surface area contributed by atoms with Crippen LogP contribution in [-0.4, -0.2) is 28.5 Å². The molecule has 138 valence electrons. The first-order valence-corrected chi connectivity index (χ1v) is 9.26. The maximum absolute atomic E-state index is 11.1. The number of aromatic nitrogens is 2. The van der Waals surface area contributed by atoms with E-state index >= 15 is 0 Å². The van der Waals surface area contributed by atoms with Gasteiger partial charge >= 0.3 is 0 Å². The molecule has 0 radical (unpaired) electrons. The Labute approximate surface area is 155 Å². The molecule has 1 aliphatic carbocycles. The Morgan fingerprint density at radius 1 is 1.19 bits per heavy atom. The minimum atomic E-state index is 0.00483. The molecule has 1 aliphatic rings. The van der Waals surface area contributed by atoms with E-state index in [1.54, 1.807) is 6.92 Å². The third kappa shape index (κ3) is 4.81. The van der Waals surface area contributed by atoms with Crippen LogP contribution in [0.5, 0.6) is 0 Å². The van der Waals surface area contributed by atoms with E-state index < -0.39 is 0 Å². The van der Waals surface area contributed by atoms with Crippen molar-refractivity contribution in [3.05, 3.63) is 42.2 Å². The van der Waals surface area contributed by atoms with Crippen molar-refractivity contribution in [2.45, 2.75) is 46.6 Å². The molecule has 5 nitrogen and oxygen atoms in total. The van der Waals surface area contributed by atoms with Gasteiger partial charge in [0.2, 0.25) is 11.9 Å². The molecular weight excluding hydrogens is 324 g/mol. The smallest absolute Gasteiger partial charge is 0.222 e. The van der Waals surface area contributed by atoms with Crippen molar-refractivity contribution in [2.24, 2.45) is 11.3 Å². The number of amides is 1. The van der Waals surface area contributed by atoms with Gasteiger partial charge in [-0.3, -0.25) is 4.79 Å². The van der Waals surface area contributed by atoms with Crippen LogP contribution < -0.4 is 10.6 Å². The molecule has 5 heteroatoms. The normalized spacial score (nSPS) is 18.8. The summed E-state index contributed by atoms with van der Waals surface area (Å²) in [5.74, 6) is 1.42. The largest absolute Gasteiger partial charge is 0.354 e. The van der Waals surface area contributed by atoms with Crippen molar-refractivity contribution in [1.29, 1.82) is 0 Å². The third-order valence-electron chi connectivity index (χ3n) is 5.15. The lowest BCUT2D eigenvalue weighted by Crippen LogP contribution is -2.31. The van der Waals surface area contributed by atoms with Gasteiger partial charge in [0.25, 0.3) is 0 Å².